The summed E-state index contributed by atoms with van der Waals surface area (Å²) >= 11 is 3.63. The van der Waals surface area contributed by atoms with Crippen molar-refractivity contribution >= 4 is 15.9 Å². The summed E-state index contributed by atoms with van der Waals surface area (Å²) in [4.78, 5) is 0.690. The van der Waals surface area contributed by atoms with Crippen molar-refractivity contribution in [1.82, 2.24) is 0 Å². The second-order valence-electron chi connectivity index (χ2n) is 3.35. The van der Waals surface area contributed by atoms with E-state index in [4.69, 9.17) is 5.11 Å². The molecule has 0 aliphatic heterocycles. The normalized spacial score (nSPS) is 41.7. The van der Waals surface area contributed by atoms with Crippen LogP contribution in [0.3, 0.4) is 0 Å². The summed E-state index contributed by atoms with van der Waals surface area (Å²) in [5.41, 5.74) is 0. The first-order chi connectivity index (χ1) is 4.74. The van der Waals surface area contributed by atoms with Crippen LogP contribution in [0.5, 0.6) is 0 Å². The van der Waals surface area contributed by atoms with E-state index in [1.807, 2.05) is 0 Å². The minimum absolute atomic E-state index is 0.379. The van der Waals surface area contributed by atoms with Crippen LogP contribution in [0.1, 0.15) is 26.2 Å². The Labute approximate surface area is 70.9 Å². The molecule has 1 aliphatic rings. The van der Waals surface area contributed by atoms with Gasteiger partial charge in [-0.3, -0.25) is 0 Å². The third kappa shape index (κ3) is 1.96. The Balaban J connectivity index is 2.33. The quantitative estimate of drug-likeness (QED) is 0.653. The standard InChI is InChI=1S/C8H15BrO/c1-6-4-7(5-10)2-3-8(6)9/h6-8,10H,2-5H2,1H3/t6-,7?,8?/m0/s1. The van der Waals surface area contributed by atoms with Gasteiger partial charge in [0.05, 0.1) is 0 Å². The van der Waals surface area contributed by atoms with Gasteiger partial charge < -0.3 is 5.11 Å². The van der Waals surface area contributed by atoms with Gasteiger partial charge in [0.2, 0.25) is 0 Å². The zero-order valence-corrected chi connectivity index (χ0v) is 7.97. The molecular weight excluding hydrogens is 192 g/mol. The molecule has 3 atom stereocenters. The SMILES string of the molecule is C[C@H]1CC(CO)CCC1Br. The average Bonchev–Trinajstić information content (AvgIpc) is 1.95. The maximum atomic E-state index is 8.88. The fourth-order valence-corrected chi connectivity index (χ4v) is 2.12. The van der Waals surface area contributed by atoms with Crippen molar-refractivity contribution in [3.63, 3.8) is 0 Å². The highest BCUT2D eigenvalue weighted by molar-refractivity contribution is 9.09. The van der Waals surface area contributed by atoms with Gasteiger partial charge in [-0.1, -0.05) is 22.9 Å². The lowest BCUT2D eigenvalue weighted by molar-refractivity contribution is 0.170. The van der Waals surface area contributed by atoms with Crippen LogP contribution in [0, 0.1) is 11.8 Å². The summed E-state index contributed by atoms with van der Waals surface area (Å²) in [6.45, 7) is 2.63. The first-order valence-corrected chi connectivity index (χ1v) is 4.90. The van der Waals surface area contributed by atoms with Crippen molar-refractivity contribution < 1.29 is 5.11 Å². The number of hydrogen-bond donors (Lipinski definition) is 1. The molecule has 1 N–H and O–H groups in total. The molecule has 0 saturated heterocycles. The Hall–Kier alpha value is 0.440. The van der Waals surface area contributed by atoms with Gasteiger partial charge in [0.15, 0.2) is 0 Å². The third-order valence-electron chi connectivity index (χ3n) is 2.43. The van der Waals surface area contributed by atoms with Crippen LogP contribution in [0.4, 0.5) is 0 Å². The minimum Gasteiger partial charge on any atom is -0.396 e. The molecule has 2 unspecified atom stereocenters. The van der Waals surface area contributed by atoms with Crippen LogP contribution < -0.4 is 0 Å². The second-order valence-corrected chi connectivity index (χ2v) is 4.53. The smallest absolute Gasteiger partial charge is 0.0459 e. The largest absolute Gasteiger partial charge is 0.396 e. The molecule has 10 heavy (non-hydrogen) atoms. The Bertz CT molecular complexity index is 105. The molecule has 1 saturated carbocycles. The van der Waals surface area contributed by atoms with Crippen LogP contribution in [0.15, 0.2) is 0 Å². The highest BCUT2D eigenvalue weighted by Crippen LogP contribution is 2.32. The zero-order valence-electron chi connectivity index (χ0n) is 6.39. The Morgan fingerprint density at radius 2 is 2.20 bits per heavy atom. The van der Waals surface area contributed by atoms with Crippen LogP contribution in [-0.2, 0) is 0 Å². The molecule has 60 valence electrons. The molecule has 0 heterocycles. The molecule has 0 radical (unpaired) electrons. The second kappa shape index (κ2) is 3.72. The molecule has 0 aromatic carbocycles. The predicted molar refractivity (Wildman–Crippen MR) is 46.3 cm³/mol. The summed E-state index contributed by atoms with van der Waals surface area (Å²) in [5, 5.41) is 8.88. The Morgan fingerprint density at radius 3 is 2.70 bits per heavy atom. The lowest BCUT2D eigenvalue weighted by Crippen LogP contribution is -2.24. The number of aliphatic hydroxyl groups is 1. The van der Waals surface area contributed by atoms with Crippen molar-refractivity contribution in [2.45, 2.75) is 31.0 Å². The van der Waals surface area contributed by atoms with Gasteiger partial charge in [-0.15, -0.1) is 0 Å². The van der Waals surface area contributed by atoms with Crippen LogP contribution in [0.2, 0.25) is 0 Å². The summed E-state index contributed by atoms with van der Waals surface area (Å²) in [7, 11) is 0. The molecule has 1 nitrogen and oxygen atoms in total. The number of aliphatic hydroxyl groups excluding tert-OH is 1. The fraction of sp³-hybridized carbons (Fsp3) is 1.00. The molecule has 0 bridgehead atoms. The van der Waals surface area contributed by atoms with Gasteiger partial charge in [0, 0.05) is 11.4 Å². The van der Waals surface area contributed by atoms with Gasteiger partial charge in [-0.05, 0) is 31.1 Å². The maximum absolute atomic E-state index is 8.88. The number of halogens is 1. The third-order valence-corrected chi connectivity index (χ3v) is 3.79. The van der Waals surface area contributed by atoms with E-state index in [0.29, 0.717) is 17.4 Å². The van der Waals surface area contributed by atoms with E-state index in [-0.39, 0.29) is 0 Å². The summed E-state index contributed by atoms with van der Waals surface area (Å²) in [6.07, 6.45) is 3.61. The minimum atomic E-state index is 0.379. The van der Waals surface area contributed by atoms with Gasteiger partial charge in [-0.25, -0.2) is 0 Å². The summed E-state index contributed by atoms with van der Waals surface area (Å²) < 4.78 is 0. The monoisotopic (exact) mass is 206 g/mol. The molecule has 0 spiro atoms. The van der Waals surface area contributed by atoms with E-state index in [1.165, 1.54) is 19.3 Å². The average molecular weight is 207 g/mol. The Morgan fingerprint density at radius 1 is 1.50 bits per heavy atom. The molecule has 1 fully saturated rings. The first kappa shape index (κ1) is 8.54. The van der Waals surface area contributed by atoms with Crippen molar-refractivity contribution in [3.05, 3.63) is 0 Å². The van der Waals surface area contributed by atoms with Crippen molar-refractivity contribution in [3.8, 4) is 0 Å². The van der Waals surface area contributed by atoms with Crippen LogP contribution in [0.25, 0.3) is 0 Å². The molecule has 0 amide bonds. The molecule has 0 aromatic rings. The first-order valence-electron chi connectivity index (χ1n) is 3.99. The van der Waals surface area contributed by atoms with E-state index in [2.05, 4.69) is 22.9 Å². The molecule has 1 aliphatic carbocycles. The van der Waals surface area contributed by atoms with E-state index < -0.39 is 0 Å². The van der Waals surface area contributed by atoms with Crippen molar-refractivity contribution in [2.75, 3.05) is 6.61 Å². The number of alkyl halides is 1. The molecule has 1 rings (SSSR count). The Kier molecular flexibility index (Phi) is 3.18. The van der Waals surface area contributed by atoms with E-state index in [1.54, 1.807) is 0 Å². The molecular formula is C8H15BrO. The van der Waals surface area contributed by atoms with Crippen LogP contribution in [-0.4, -0.2) is 16.5 Å². The predicted octanol–water partition coefficient (Wildman–Crippen LogP) is 2.18. The number of hydrogen-bond acceptors (Lipinski definition) is 1. The summed E-state index contributed by atoms with van der Waals surface area (Å²) in [6, 6.07) is 0. The topological polar surface area (TPSA) is 20.2 Å². The van der Waals surface area contributed by atoms with Crippen molar-refractivity contribution in [2.24, 2.45) is 11.8 Å². The lowest BCUT2D eigenvalue weighted by atomic mass is 9.83. The van der Waals surface area contributed by atoms with E-state index >= 15 is 0 Å². The van der Waals surface area contributed by atoms with Gasteiger partial charge in [0.1, 0.15) is 0 Å². The van der Waals surface area contributed by atoms with E-state index in [9.17, 15) is 0 Å². The molecule has 0 aromatic heterocycles. The highest BCUT2D eigenvalue weighted by Gasteiger charge is 2.24. The van der Waals surface area contributed by atoms with Crippen molar-refractivity contribution in [1.29, 1.82) is 0 Å². The fourth-order valence-electron chi connectivity index (χ4n) is 1.64. The zero-order chi connectivity index (χ0) is 7.56. The summed E-state index contributed by atoms with van der Waals surface area (Å²) in [5.74, 6) is 1.31. The lowest BCUT2D eigenvalue weighted by Gasteiger charge is -2.29. The highest BCUT2D eigenvalue weighted by atomic mass is 79.9. The van der Waals surface area contributed by atoms with Gasteiger partial charge in [0.25, 0.3) is 0 Å². The number of rotatable bonds is 1. The van der Waals surface area contributed by atoms with Gasteiger partial charge >= 0.3 is 0 Å². The van der Waals surface area contributed by atoms with E-state index in [0.717, 1.165) is 5.92 Å². The van der Waals surface area contributed by atoms with Gasteiger partial charge in [-0.2, -0.15) is 0 Å². The maximum Gasteiger partial charge on any atom is 0.0459 e. The van der Waals surface area contributed by atoms with Crippen LogP contribution >= 0.6 is 15.9 Å². The molecule has 2 heteroatoms.